The van der Waals surface area contributed by atoms with Crippen LogP contribution >= 0.6 is 0 Å². The monoisotopic (exact) mass is 488 g/mol. The predicted octanol–water partition coefficient (Wildman–Crippen LogP) is 1.10. The first-order valence-electron chi connectivity index (χ1n) is 12.3. The molecule has 5 rings (SSSR count). The van der Waals surface area contributed by atoms with Gasteiger partial charge in [-0.2, -0.15) is 0 Å². The molecule has 1 N–H and O–H groups in total. The van der Waals surface area contributed by atoms with E-state index >= 15 is 0 Å². The highest BCUT2D eigenvalue weighted by Gasteiger charge is 2.45. The number of nitrogens with zero attached hydrogens (tertiary/aromatic N) is 8. The van der Waals surface area contributed by atoms with Gasteiger partial charge in [0.1, 0.15) is 5.82 Å². The Morgan fingerprint density at radius 2 is 1.91 bits per heavy atom. The molecule has 1 aliphatic carbocycles. The van der Waals surface area contributed by atoms with E-state index in [0.717, 1.165) is 69.8 Å². The van der Waals surface area contributed by atoms with Crippen molar-refractivity contribution in [2.75, 3.05) is 34.3 Å². The molecule has 2 fully saturated rings. The number of aromatic nitrogens is 6. The maximum atomic E-state index is 13.4. The number of hydrogen-bond acceptors (Lipinski definition) is 8. The summed E-state index contributed by atoms with van der Waals surface area (Å²) in [5.41, 5.74) is 0.961. The second kappa shape index (κ2) is 11.3. The van der Waals surface area contributed by atoms with Crippen LogP contribution in [0.2, 0.25) is 0 Å². The lowest BCUT2D eigenvalue weighted by Crippen LogP contribution is -2.37. The third kappa shape index (κ3) is 5.53. The molecule has 0 spiro atoms. The van der Waals surface area contributed by atoms with Crippen molar-refractivity contribution in [3.8, 4) is 0 Å². The highest BCUT2D eigenvalue weighted by molar-refractivity contribution is 5.91. The van der Waals surface area contributed by atoms with E-state index in [1.165, 1.54) is 6.42 Å². The Balaban J connectivity index is 0.000000917. The number of fused-ring (bicyclic) bond motifs is 2. The smallest absolute Gasteiger partial charge is 0.291 e. The summed E-state index contributed by atoms with van der Waals surface area (Å²) in [7, 11) is 5.83. The Morgan fingerprint density at radius 1 is 1.17 bits per heavy atom. The van der Waals surface area contributed by atoms with Crippen molar-refractivity contribution < 1.29 is 19.4 Å². The van der Waals surface area contributed by atoms with Crippen LogP contribution in [-0.2, 0) is 29.0 Å². The zero-order valence-corrected chi connectivity index (χ0v) is 20.8. The third-order valence-electron chi connectivity index (χ3n) is 7.35. The number of carboxylic acid groups (broad SMARTS) is 1. The molecule has 35 heavy (non-hydrogen) atoms. The van der Waals surface area contributed by atoms with Crippen LogP contribution in [0.25, 0.3) is 0 Å². The van der Waals surface area contributed by atoms with Crippen molar-refractivity contribution in [2.24, 2.45) is 11.8 Å². The molecule has 2 aromatic rings. The molecular formula is C23H36N8O4. The minimum Gasteiger partial charge on any atom is -0.483 e. The van der Waals surface area contributed by atoms with E-state index in [0.29, 0.717) is 17.7 Å². The zero-order chi connectivity index (χ0) is 24.9. The van der Waals surface area contributed by atoms with Crippen LogP contribution < -0.4 is 0 Å². The SMILES string of the molecule is CO[C@@H]1C[C@H]2CN(C(=O)c3nnc4n3CCCCC4)C[C@H]2C[C@H]1n1cc(CN(C)C)nn1.O=CO. The van der Waals surface area contributed by atoms with Crippen LogP contribution in [0.4, 0.5) is 0 Å². The van der Waals surface area contributed by atoms with Gasteiger partial charge < -0.3 is 24.2 Å². The fraction of sp³-hybridized carbons (Fsp3) is 0.739. The van der Waals surface area contributed by atoms with Crippen LogP contribution in [-0.4, -0.2) is 97.4 Å². The number of methoxy groups -OCH3 is 1. The average molecular weight is 489 g/mol. The number of likely N-dealkylation sites (tertiary alicyclic amines) is 1. The molecule has 0 unspecified atom stereocenters. The molecule has 1 saturated heterocycles. The van der Waals surface area contributed by atoms with E-state index in [2.05, 4.69) is 30.0 Å². The Labute approximate surface area is 205 Å². The van der Waals surface area contributed by atoms with E-state index < -0.39 is 0 Å². The number of amides is 1. The van der Waals surface area contributed by atoms with Gasteiger partial charge in [-0.15, -0.1) is 15.3 Å². The first-order valence-corrected chi connectivity index (χ1v) is 12.3. The molecule has 0 radical (unpaired) electrons. The van der Waals surface area contributed by atoms with Gasteiger partial charge in [0.25, 0.3) is 12.4 Å². The summed E-state index contributed by atoms with van der Waals surface area (Å²) < 4.78 is 9.92. The van der Waals surface area contributed by atoms with Crippen LogP contribution in [0.3, 0.4) is 0 Å². The van der Waals surface area contributed by atoms with Crippen molar-refractivity contribution in [1.29, 1.82) is 0 Å². The predicted molar refractivity (Wildman–Crippen MR) is 126 cm³/mol. The maximum absolute atomic E-state index is 13.4. The molecule has 12 heteroatoms. The van der Waals surface area contributed by atoms with E-state index in [1.54, 1.807) is 7.11 Å². The van der Waals surface area contributed by atoms with Gasteiger partial charge in [0.15, 0.2) is 0 Å². The Hall–Kier alpha value is -2.86. The highest BCUT2D eigenvalue weighted by Crippen LogP contribution is 2.42. The van der Waals surface area contributed by atoms with Gasteiger partial charge in [-0.05, 0) is 51.6 Å². The normalized spacial score (nSPS) is 25.9. The fourth-order valence-electron chi connectivity index (χ4n) is 5.74. The summed E-state index contributed by atoms with van der Waals surface area (Å²) in [6.45, 7) is 2.89. The van der Waals surface area contributed by atoms with Gasteiger partial charge in [0, 0.05) is 39.7 Å². The Kier molecular flexibility index (Phi) is 8.11. The van der Waals surface area contributed by atoms with E-state index in [9.17, 15) is 4.79 Å². The number of hydrogen-bond donors (Lipinski definition) is 1. The molecule has 1 amide bonds. The van der Waals surface area contributed by atoms with E-state index in [-0.39, 0.29) is 24.5 Å². The van der Waals surface area contributed by atoms with E-state index in [1.807, 2.05) is 29.9 Å². The first-order chi connectivity index (χ1) is 16.9. The average Bonchev–Trinajstić information content (AvgIpc) is 3.52. The first kappa shape index (κ1) is 25.2. The zero-order valence-electron chi connectivity index (χ0n) is 20.8. The van der Waals surface area contributed by atoms with Gasteiger partial charge in [-0.25, -0.2) is 4.68 Å². The molecule has 3 aliphatic rings. The van der Waals surface area contributed by atoms with Crippen molar-refractivity contribution in [1.82, 2.24) is 39.6 Å². The van der Waals surface area contributed by atoms with Crippen LogP contribution in [0.1, 0.15) is 60.3 Å². The van der Waals surface area contributed by atoms with Gasteiger partial charge >= 0.3 is 0 Å². The van der Waals surface area contributed by atoms with Crippen molar-refractivity contribution in [3.05, 3.63) is 23.5 Å². The summed E-state index contributed by atoms with van der Waals surface area (Å²) in [5, 5.41) is 24.3. The van der Waals surface area contributed by atoms with Gasteiger partial charge in [-0.1, -0.05) is 11.6 Å². The number of carbonyl (C=O) groups excluding carboxylic acids is 1. The van der Waals surface area contributed by atoms with Crippen molar-refractivity contribution in [2.45, 2.75) is 63.8 Å². The van der Waals surface area contributed by atoms with Gasteiger partial charge in [-0.3, -0.25) is 9.59 Å². The standard InChI is InChI=1S/C22H34N8O2.CH2O2/c1-27(2)13-17-14-30(26-23-17)18-9-15-11-28(12-16(15)10-19(18)32-3)22(31)21-25-24-20-7-5-4-6-8-29(20)21;2-1-3/h14-16,18-19H,4-13H2,1-3H3;1H,(H,2,3)/t15-,16+,18-,19-;/m1./s1. The molecule has 1 saturated carbocycles. The minimum atomic E-state index is -0.250. The molecule has 0 aromatic carbocycles. The molecular weight excluding hydrogens is 452 g/mol. The molecule has 4 atom stereocenters. The summed E-state index contributed by atoms with van der Waals surface area (Å²) in [6.07, 6.45) is 8.29. The third-order valence-corrected chi connectivity index (χ3v) is 7.35. The summed E-state index contributed by atoms with van der Waals surface area (Å²) in [5.74, 6) is 2.38. The molecule has 4 heterocycles. The second-order valence-corrected chi connectivity index (χ2v) is 9.98. The lowest BCUT2D eigenvalue weighted by Gasteiger charge is -2.36. The highest BCUT2D eigenvalue weighted by atomic mass is 16.5. The van der Waals surface area contributed by atoms with Crippen LogP contribution in [0.5, 0.6) is 0 Å². The Morgan fingerprint density at radius 3 is 2.63 bits per heavy atom. The minimum absolute atomic E-state index is 0.0274. The number of aryl methyl sites for hydroxylation is 1. The molecule has 12 nitrogen and oxygen atoms in total. The topological polar surface area (TPSA) is 132 Å². The summed E-state index contributed by atoms with van der Waals surface area (Å²) in [4.78, 5) is 25.8. The molecule has 2 aliphatic heterocycles. The number of rotatable bonds is 5. The van der Waals surface area contributed by atoms with Crippen molar-refractivity contribution >= 4 is 12.4 Å². The van der Waals surface area contributed by atoms with Gasteiger partial charge in [0.2, 0.25) is 5.82 Å². The molecule has 2 aromatic heterocycles. The van der Waals surface area contributed by atoms with Crippen LogP contribution in [0, 0.1) is 11.8 Å². The molecule has 0 bridgehead atoms. The second-order valence-electron chi connectivity index (χ2n) is 9.98. The lowest BCUT2D eigenvalue weighted by molar-refractivity contribution is -0.122. The number of carbonyl (C=O) groups is 2. The quantitative estimate of drug-likeness (QED) is 0.615. The van der Waals surface area contributed by atoms with Crippen molar-refractivity contribution in [3.63, 3.8) is 0 Å². The summed E-state index contributed by atoms with van der Waals surface area (Å²) >= 11 is 0. The lowest BCUT2D eigenvalue weighted by atomic mass is 9.77. The van der Waals surface area contributed by atoms with Gasteiger partial charge in [0.05, 0.1) is 24.0 Å². The molecule has 192 valence electrons. The summed E-state index contributed by atoms with van der Waals surface area (Å²) in [6, 6.07) is 0.143. The maximum Gasteiger partial charge on any atom is 0.291 e. The largest absolute Gasteiger partial charge is 0.483 e. The number of ether oxygens (including phenoxy) is 1. The Bertz CT molecular complexity index is 1010. The van der Waals surface area contributed by atoms with Crippen LogP contribution in [0.15, 0.2) is 6.20 Å². The fourth-order valence-corrected chi connectivity index (χ4v) is 5.74. The van der Waals surface area contributed by atoms with E-state index in [4.69, 9.17) is 14.6 Å².